The summed E-state index contributed by atoms with van der Waals surface area (Å²) in [7, 11) is 1.80. The van der Waals surface area contributed by atoms with Crippen LogP contribution in [-0.4, -0.2) is 12.0 Å². The Morgan fingerprint density at radius 1 is 1.25 bits per heavy atom. The summed E-state index contributed by atoms with van der Waals surface area (Å²) in [5, 5.41) is 14.6. The van der Waals surface area contributed by atoms with Crippen LogP contribution in [0.3, 0.4) is 0 Å². The Bertz CT molecular complexity index is 617. The van der Waals surface area contributed by atoms with E-state index < -0.39 is 0 Å². The molecule has 0 atom stereocenters. The van der Waals surface area contributed by atoms with Crippen molar-refractivity contribution in [2.45, 2.75) is 10.6 Å². The molecular weight excluding hydrogens is 296 g/mol. The molecule has 0 spiro atoms. The maximum Gasteiger partial charge on any atom is 0.269 e. The van der Waals surface area contributed by atoms with Crippen molar-refractivity contribution >= 4 is 34.7 Å². The molecule has 104 valence electrons. The molecule has 2 rings (SSSR count). The maximum atomic E-state index is 10.8. The summed E-state index contributed by atoms with van der Waals surface area (Å²) < 4.78 is 0. The van der Waals surface area contributed by atoms with E-state index in [1.807, 2.05) is 24.3 Å². The van der Waals surface area contributed by atoms with E-state index in [-0.39, 0.29) is 10.6 Å². The predicted molar refractivity (Wildman–Crippen MR) is 83.7 cm³/mol. The van der Waals surface area contributed by atoms with Crippen LogP contribution in [0.5, 0.6) is 0 Å². The van der Waals surface area contributed by atoms with Gasteiger partial charge >= 0.3 is 0 Å². The molecule has 0 saturated heterocycles. The van der Waals surface area contributed by atoms with Crippen molar-refractivity contribution in [3.8, 4) is 0 Å². The molecule has 0 radical (unpaired) electrons. The molecule has 0 aliphatic rings. The number of non-ortho nitro benzene ring substituents is 1. The lowest BCUT2D eigenvalue weighted by Gasteiger charge is -2.09. The number of anilines is 1. The third-order valence-corrected chi connectivity index (χ3v) is 4.09. The minimum atomic E-state index is -0.379. The number of hydrogen-bond acceptors (Lipinski definition) is 4. The topological polar surface area (TPSA) is 55.2 Å². The first kappa shape index (κ1) is 14.7. The van der Waals surface area contributed by atoms with Gasteiger partial charge in [-0.1, -0.05) is 11.6 Å². The lowest BCUT2D eigenvalue weighted by Crippen LogP contribution is -1.96. The number of hydrogen-bond donors (Lipinski definition) is 1. The van der Waals surface area contributed by atoms with Crippen molar-refractivity contribution in [2.24, 2.45) is 0 Å². The Hall–Kier alpha value is -1.72. The lowest BCUT2D eigenvalue weighted by atomic mass is 10.2. The molecule has 0 bridgehead atoms. The molecule has 2 aromatic rings. The number of benzene rings is 2. The Morgan fingerprint density at radius 3 is 2.55 bits per heavy atom. The van der Waals surface area contributed by atoms with Gasteiger partial charge in [-0.3, -0.25) is 10.1 Å². The van der Waals surface area contributed by atoms with Gasteiger partial charge in [0.25, 0.3) is 5.69 Å². The Balaban J connectivity index is 2.16. The van der Waals surface area contributed by atoms with E-state index in [1.54, 1.807) is 30.9 Å². The zero-order valence-corrected chi connectivity index (χ0v) is 12.4. The monoisotopic (exact) mass is 308 g/mol. The molecule has 0 aromatic heterocycles. The fourth-order valence-corrected chi connectivity index (χ4v) is 2.76. The highest BCUT2D eigenvalue weighted by molar-refractivity contribution is 7.98. The quantitative estimate of drug-likeness (QED) is 0.499. The summed E-state index contributed by atoms with van der Waals surface area (Å²) in [5.41, 5.74) is 1.91. The first-order chi connectivity index (χ1) is 9.60. The van der Waals surface area contributed by atoms with Crippen LogP contribution in [0.1, 0.15) is 5.56 Å². The molecule has 0 fully saturated rings. The molecule has 6 heteroatoms. The second kappa shape index (κ2) is 6.63. The van der Waals surface area contributed by atoms with Crippen LogP contribution < -0.4 is 5.32 Å². The fraction of sp³-hybridized carbons (Fsp3) is 0.143. The molecular formula is C14H13ClN2O2S. The summed E-state index contributed by atoms with van der Waals surface area (Å²) in [6.07, 6.45) is 0. The van der Waals surface area contributed by atoms with E-state index >= 15 is 0 Å². The molecule has 4 nitrogen and oxygen atoms in total. The van der Waals surface area contributed by atoms with Crippen molar-refractivity contribution in [2.75, 3.05) is 12.4 Å². The second-order valence-electron chi connectivity index (χ2n) is 4.09. The molecule has 0 saturated carbocycles. The number of halogens is 1. The highest BCUT2D eigenvalue weighted by Gasteiger charge is 2.10. The van der Waals surface area contributed by atoms with Crippen LogP contribution in [0.15, 0.2) is 47.4 Å². The average molecular weight is 309 g/mol. The van der Waals surface area contributed by atoms with Gasteiger partial charge in [0.05, 0.1) is 4.92 Å². The maximum absolute atomic E-state index is 10.8. The number of nitro benzene ring substituents is 1. The van der Waals surface area contributed by atoms with E-state index in [1.165, 1.54) is 6.07 Å². The summed E-state index contributed by atoms with van der Waals surface area (Å²) in [5.74, 6) is 0.652. The zero-order chi connectivity index (χ0) is 14.5. The predicted octanol–water partition coefficient (Wildman–Crippen LogP) is 4.58. The third kappa shape index (κ3) is 3.65. The highest BCUT2D eigenvalue weighted by Crippen LogP contribution is 2.29. The summed E-state index contributed by atoms with van der Waals surface area (Å²) in [6.45, 7) is 0. The largest absolute Gasteiger partial charge is 0.388 e. The smallest absolute Gasteiger partial charge is 0.269 e. The molecule has 20 heavy (non-hydrogen) atoms. The van der Waals surface area contributed by atoms with Crippen molar-refractivity contribution < 1.29 is 4.92 Å². The van der Waals surface area contributed by atoms with E-state index in [0.29, 0.717) is 10.8 Å². The molecule has 0 unspecified atom stereocenters. The summed E-state index contributed by atoms with van der Waals surface area (Å²) >= 11 is 7.45. The van der Waals surface area contributed by atoms with E-state index in [2.05, 4.69) is 5.32 Å². The number of nitrogens with one attached hydrogen (secondary N) is 1. The SMILES string of the molecule is CNc1ccc([N+](=O)[O-])cc1CSc1ccc(Cl)cc1. The van der Waals surface area contributed by atoms with Crippen LogP contribution in [0.2, 0.25) is 5.02 Å². The number of rotatable bonds is 5. The van der Waals surface area contributed by atoms with Crippen molar-refractivity contribution in [1.29, 1.82) is 0 Å². The average Bonchev–Trinajstić information content (AvgIpc) is 2.46. The second-order valence-corrected chi connectivity index (χ2v) is 5.58. The van der Waals surface area contributed by atoms with Crippen molar-refractivity contribution in [3.05, 3.63) is 63.2 Å². The Kier molecular flexibility index (Phi) is 4.87. The molecule has 2 aromatic carbocycles. The zero-order valence-electron chi connectivity index (χ0n) is 10.8. The van der Waals surface area contributed by atoms with Gasteiger partial charge in [0.15, 0.2) is 0 Å². The van der Waals surface area contributed by atoms with Gasteiger partial charge in [-0.05, 0) is 35.9 Å². The van der Waals surface area contributed by atoms with Crippen LogP contribution in [-0.2, 0) is 5.75 Å². The molecule has 0 amide bonds. The first-order valence-corrected chi connectivity index (χ1v) is 7.30. The van der Waals surface area contributed by atoms with Crippen LogP contribution in [0, 0.1) is 10.1 Å². The fourth-order valence-electron chi connectivity index (χ4n) is 1.75. The van der Waals surface area contributed by atoms with Crippen LogP contribution >= 0.6 is 23.4 Å². The first-order valence-electron chi connectivity index (χ1n) is 5.93. The minimum absolute atomic E-state index is 0.107. The molecule has 0 aliphatic carbocycles. The van der Waals surface area contributed by atoms with Crippen molar-refractivity contribution in [3.63, 3.8) is 0 Å². The molecule has 0 heterocycles. The van der Waals surface area contributed by atoms with Gasteiger partial charge in [-0.15, -0.1) is 11.8 Å². The van der Waals surface area contributed by atoms with Gasteiger partial charge < -0.3 is 5.32 Å². The normalized spacial score (nSPS) is 10.3. The van der Waals surface area contributed by atoms with Crippen molar-refractivity contribution in [1.82, 2.24) is 0 Å². The Morgan fingerprint density at radius 2 is 1.95 bits per heavy atom. The summed E-state index contributed by atoms with van der Waals surface area (Å²) in [6, 6.07) is 12.4. The van der Waals surface area contributed by atoms with Gasteiger partial charge in [0, 0.05) is 40.5 Å². The van der Waals surface area contributed by atoms with E-state index in [4.69, 9.17) is 11.6 Å². The van der Waals surface area contributed by atoms with E-state index in [0.717, 1.165) is 16.1 Å². The number of nitrogens with zero attached hydrogens (tertiary/aromatic N) is 1. The van der Waals surface area contributed by atoms with Gasteiger partial charge in [-0.25, -0.2) is 0 Å². The molecule has 1 N–H and O–H groups in total. The summed E-state index contributed by atoms with van der Waals surface area (Å²) in [4.78, 5) is 11.5. The molecule has 0 aliphatic heterocycles. The third-order valence-electron chi connectivity index (χ3n) is 2.78. The highest BCUT2D eigenvalue weighted by atomic mass is 35.5. The lowest BCUT2D eigenvalue weighted by molar-refractivity contribution is -0.384. The number of thioether (sulfide) groups is 1. The standard InChI is InChI=1S/C14H13ClN2O2S/c1-16-14-7-4-12(17(18)19)8-10(14)9-20-13-5-2-11(15)3-6-13/h2-8,16H,9H2,1H3. The van der Waals surface area contributed by atoms with Gasteiger partial charge in [0.2, 0.25) is 0 Å². The van der Waals surface area contributed by atoms with Crippen LogP contribution in [0.25, 0.3) is 0 Å². The van der Waals surface area contributed by atoms with Crippen LogP contribution in [0.4, 0.5) is 11.4 Å². The van der Waals surface area contributed by atoms with E-state index in [9.17, 15) is 10.1 Å². The number of nitro groups is 1. The van der Waals surface area contributed by atoms with Gasteiger partial charge in [0.1, 0.15) is 0 Å². The Labute approximate surface area is 126 Å². The van der Waals surface area contributed by atoms with Gasteiger partial charge in [-0.2, -0.15) is 0 Å². The minimum Gasteiger partial charge on any atom is -0.388 e.